The first-order valence-electron chi connectivity index (χ1n) is 5.01. The number of hydrogen-bond acceptors (Lipinski definition) is 3. The zero-order chi connectivity index (χ0) is 12.0. The van der Waals surface area contributed by atoms with E-state index in [0.29, 0.717) is 5.15 Å². The molecule has 2 nitrogen and oxygen atoms in total. The molecule has 0 unspecified atom stereocenters. The number of hydrogen-bond donors (Lipinski definition) is 0. The molecule has 0 atom stereocenters. The van der Waals surface area contributed by atoms with E-state index < -0.39 is 0 Å². The summed E-state index contributed by atoms with van der Waals surface area (Å²) in [6.45, 7) is 3.58. The van der Waals surface area contributed by atoms with Gasteiger partial charge in [-0.25, -0.2) is 4.98 Å². The van der Waals surface area contributed by atoms with Crippen molar-refractivity contribution in [3.8, 4) is 0 Å². The van der Waals surface area contributed by atoms with Gasteiger partial charge in [0.15, 0.2) is 5.12 Å². The highest BCUT2D eigenvalue weighted by Gasteiger charge is 1.96. The highest BCUT2D eigenvalue weighted by molar-refractivity contribution is 8.13. The molecule has 0 radical (unpaired) electrons. The molecular formula is C12H14ClNOS. The lowest BCUT2D eigenvalue weighted by Gasteiger charge is -1.99. The van der Waals surface area contributed by atoms with Crippen LogP contribution in [0.3, 0.4) is 0 Å². The van der Waals surface area contributed by atoms with E-state index in [0.717, 1.165) is 23.3 Å². The van der Waals surface area contributed by atoms with E-state index in [9.17, 15) is 4.79 Å². The third-order valence-electron chi connectivity index (χ3n) is 2.01. The van der Waals surface area contributed by atoms with Crippen LogP contribution in [0.5, 0.6) is 0 Å². The number of halogens is 1. The molecule has 86 valence electrons. The van der Waals surface area contributed by atoms with Crippen LogP contribution in [-0.4, -0.2) is 15.9 Å². The molecule has 4 heteroatoms. The van der Waals surface area contributed by atoms with E-state index in [1.54, 1.807) is 13.1 Å². The summed E-state index contributed by atoms with van der Waals surface area (Å²) in [7, 11) is 0. The number of thioether (sulfide) groups is 1. The van der Waals surface area contributed by atoms with Crippen LogP contribution in [0.2, 0.25) is 5.15 Å². The Morgan fingerprint density at radius 3 is 3.00 bits per heavy atom. The lowest BCUT2D eigenvalue weighted by molar-refractivity contribution is -0.109. The summed E-state index contributed by atoms with van der Waals surface area (Å²) in [6, 6.07) is 1.84. The predicted octanol–water partition coefficient (Wildman–Crippen LogP) is 3.73. The Kier molecular flexibility index (Phi) is 5.56. The highest BCUT2D eigenvalue weighted by atomic mass is 35.5. The summed E-state index contributed by atoms with van der Waals surface area (Å²) in [6.07, 6.45) is 6.70. The van der Waals surface area contributed by atoms with Gasteiger partial charge in [0.2, 0.25) is 0 Å². The molecule has 0 aliphatic heterocycles. The molecule has 0 aliphatic carbocycles. The van der Waals surface area contributed by atoms with E-state index in [1.807, 2.05) is 25.1 Å². The first kappa shape index (κ1) is 13.3. The SMILES string of the molecule is CC(=O)SCCC=Cc1cnc(Cl)cc1C. The lowest BCUT2D eigenvalue weighted by atomic mass is 10.1. The van der Waals surface area contributed by atoms with Gasteiger partial charge in [0.25, 0.3) is 0 Å². The Morgan fingerprint density at radius 1 is 1.62 bits per heavy atom. The molecule has 0 saturated heterocycles. The van der Waals surface area contributed by atoms with Crippen LogP contribution < -0.4 is 0 Å². The molecule has 0 saturated carbocycles. The Morgan fingerprint density at radius 2 is 2.38 bits per heavy atom. The second kappa shape index (κ2) is 6.71. The zero-order valence-corrected chi connectivity index (χ0v) is 10.9. The molecule has 0 bridgehead atoms. The Bertz CT molecular complexity index is 404. The average Bonchev–Trinajstić information content (AvgIpc) is 2.20. The van der Waals surface area contributed by atoms with E-state index in [1.165, 1.54) is 11.8 Å². The summed E-state index contributed by atoms with van der Waals surface area (Å²) >= 11 is 7.11. The van der Waals surface area contributed by atoms with Gasteiger partial charge < -0.3 is 0 Å². The molecule has 0 spiro atoms. The van der Waals surface area contributed by atoms with Gasteiger partial charge in [-0.15, -0.1) is 0 Å². The molecule has 0 aliphatic rings. The number of carbonyl (C=O) groups is 1. The highest BCUT2D eigenvalue weighted by Crippen LogP contribution is 2.14. The molecular weight excluding hydrogens is 242 g/mol. The quantitative estimate of drug-likeness (QED) is 0.607. The fraction of sp³-hybridized carbons (Fsp3) is 0.333. The third kappa shape index (κ3) is 4.81. The molecule has 0 N–H and O–H groups in total. The maximum absolute atomic E-state index is 10.7. The maximum atomic E-state index is 10.7. The van der Waals surface area contributed by atoms with Crippen molar-refractivity contribution in [1.29, 1.82) is 0 Å². The van der Waals surface area contributed by atoms with Gasteiger partial charge in [0, 0.05) is 18.9 Å². The van der Waals surface area contributed by atoms with E-state index >= 15 is 0 Å². The first-order chi connectivity index (χ1) is 7.59. The fourth-order valence-electron chi connectivity index (χ4n) is 1.19. The van der Waals surface area contributed by atoms with Crippen molar-refractivity contribution in [3.63, 3.8) is 0 Å². The van der Waals surface area contributed by atoms with Crippen molar-refractivity contribution in [2.24, 2.45) is 0 Å². The zero-order valence-electron chi connectivity index (χ0n) is 9.37. The monoisotopic (exact) mass is 255 g/mol. The Hall–Kier alpha value is -0.800. The minimum atomic E-state index is 0.165. The smallest absolute Gasteiger partial charge is 0.185 e. The molecule has 0 fully saturated rings. The maximum Gasteiger partial charge on any atom is 0.185 e. The van der Waals surface area contributed by atoms with Crippen molar-refractivity contribution in [2.75, 3.05) is 5.75 Å². The predicted molar refractivity (Wildman–Crippen MR) is 70.8 cm³/mol. The molecule has 1 aromatic heterocycles. The van der Waals surface area contributed by atoms with Crippen molar-refractivity contribution in [3.05, 3.63) is 34.6 Å². The van der Waals surface area contributed by atoms with Gasteiger partial charge in [-0.3, -0.25) is 4.79 Å². The molecule has 1 rings (SSSR count). The summed E-state index contributed by atoms with van der Waals surface area (Å²) in [5, 5.41) is 0.680. The molecule has 1 aromatic rings. The van der Waals surface area contributed by atoms with Crippen molar-refractivity contribution < 1.29 is 4.79 Å². The van der Waals surface area contributed by atoms with Crippen LogP contribution in [-0.2, 0) is 4.79 Å². The topological polar surface area (TPSA) is 30.0 Å². The second-order valence-electron chi connectivity index (χ2n) is 3.39. The van der Waals surface area contributed by atoms with E-state index in [2.05, 4.69) is 4.98 Å². The van der Waals surface area contributed by atoms with Gasteiger partial charge in [0.05, 0.1) is 0 Å². The Balaban J connectivity index is 2.47. The van der Waals surface area contributed by atoms with Gasteiger partial charge in [-0.2, -0.15) is 0 Å². The number of aryl methyl sites for hydroxylation is 1. The summed E-state index contributed by atoms with van der Waals surface area (Å²) in [5.41, 5.74) is 2.17. The van der Waals surface area contributed by atoms with Crippen LogP contribution >= 0.6 is 23.4 Å². The van der Waals surface area contributed by atoms with Crippen molar-refractivity contribution in [2.45, 2.75) is 20.3 Å². The van der Waals surface area contributed by atoms with Gasteiger partial charge in [0.1, 0.15) is 5.15 Å². The van der Waals surface area contributed by atoms with Gasteiger partial charge in [-0.05, 0) is 30.5 Å². The standard InChI is InChI=1S/C12H14ClNOS/c1-9-7-12(13)14-8-11(9)5-3-4-6-16-10(2)15/h3,5,7-8H,4,6H2,1-2H3. The number of nitrogens with zero attached hydrogens (tertiary/aromatic N) is 1. The van der Waals surface area contributed by atoms with E-state index in [-0.39, 0.29) is 5.12 Å². The Labute approximate surface area is 105 Å². The largest absolute Gasteiger partial charge is 0.288 e. The van der Waals surface area contributed by atoms with Crippen molar-refractivity contribution >= 4 is 34.6 Å². The number of allylic oxidation sites excluding steroid dienone is 1. The van der Waals surface area contributed by atoms with Crippen LogP contribution in [0.1, 0.15) is 24.5 Å². The van der Waals surface area contributed by atoms with Crippen LogP contribution in [0, 0.1) is 6.92 Å². The summed E-state index contributed by atoms with van der Waals surface area (Å²) < 4.78 is 0. The third-order valence-corrected chi connectivity index (χ3v) is 3.06. The lowest BCUT2D eigenvalue weighted by Crippen LogP contribution is -1.85. The number of rotatable bonds is 4. The number of aromatic nitrogens is 1. The van der Waals surface area contributed by atoms with Crippen molar-refractivity contribution in [1.82, 2.24) is 4.98 Å². The van der Waals surface area contributed by atoms with Crippen LogP contribution in [0.4, 0.5) is 0 Å². The van der Waals surface area contributed by atoms with Gasteiger partial charge >= 0.3 is 0 Å². The second-order valence-corrected chi connectivity index (χ2v) is 5.05. The molecule has 0 amide bonds. The van der Waals surface area contributed by atoms with Gasteiger partial charge in [-0.1, -0.05) is 35.5 Å². The summed E-state index contributed by atoms with van der Waals surface area (Å²) in [5.74, 6) is 0.825. The number of carbonyl (C=O) groups excluding carboxylic acids is 1. The molecule has 16 heavy (non-hydrogen) atoms. The van der Waals surface area contributed by atoms with Crippen LogP contribution in [0.15, 0.2) is 18.3 Å². The normalized spacial score (nSPS) is 10.9. The first-order valence-corrected chi connectivity index (χ1v) is 6.38. The molecule has 0 aromatic carbocycles. The van der Waals surface area contributed by atoms with Crippen LogP contribution in [0.25, 0.3) is 6.08 Å². The number of pyridine rings is 1. The fourth-order valence-corrected chi connectivity index (χ4v) is 1.94. The average molecular weight is 256 g/mol. The summed E-state index contributed by atoms with van der Waals surface area (Å²) in [4.78, 5) is 14.7. The van der Waals surface area contributed by atoms with E-state index in [4.69, 9.17) is 11.6 Å². The minimum absolute atomic E-state index is 0.165. The minimum Gasteiger partial charge on any atom is -0.288 e. The molecule has 1 heterocycles.